The Bertz CT molecular complexity index is 446. The van der Waals surface area contributed by atoms with Crippen LogP contribution in [0.5, 0.6) is 0 Å². The van der Waals surface area contributed by atoms with Crippen molar-refractivity contribution in [1.82, 2.24) is 15.5 Å². The lowest BCUT2D eigenvalue weighted by atomic mass is 9.97. The first-order chi connectivity index (χ1) is 13.7. The monoisotopic (exact) mass is 417 g/mol. The molecule has 172 valence electrons. The van der Waals surface area contributed by atoms with E-state index in [1.807, 2.05) is 46.7 Å². The second-order valence-corrected chi connectivity index (χ2v) is 7.95. The zero-order chi connectivity index (χ0) is 22.2. The van der Waals surface area contributed by atoms with Gasteiger partial charge in [-0.1, -0.05) is 27.7 Å². The molecular formula is C21H43N3O5. The van der Waals surface area contributed by atoms with Gasteiger partial charge in [0.05, 0.1) is 51.7 Å². The van der Waals surface area contributed by atoms with Gasteiger partial charge in [-0.25, -0.2) is 0 Å². The minimum Gasteiger partial charge on any atom is -0.378 e. The Labute approximate surface area is 177 Å². The maximum Gasteiger partial charge on any atom is 0.238 e. The van der Waals surface area contributed by atoms with Crippen LogP contribution < -0.4 is 10.6 Å². The Kier molecular flexibility index (Phi) is 16.1. The van der Waals surface area contributed by atoms with Crippen LogP contribution in [0.15, 0.2) is 0 Å². The summed E-state index contributed by atoms with van der Waals surface area (Å²) in [5.41, 5.74) is 0. The van der Waals surface area contributed by atoms with E-state index in [0.717, 1.165) is 6.54 Å². The molecule has 8 heteroatoms. The first kappa shape index (κ1) is 27.9. The van der Waals surface area contributed by atoms with E-state index in [-0.39, 0.29) is 29.6 Å². The molecule has 0 radical (unpaired) electrons. The third-order valence-corrected chi connectivity index (χ3v) is 4.61. The van der Waals surface area contributed by atoms with Gasteiger partial charge in [-0.15, -0.1) is 0 Å². The third-order valence-electron chi connectivity index (χ3n) is 4.61. The van der Waals surface area contributed by atoms with Gasteiger partial charge in [-0.3, -0.25) is 14.5 Å². The molecule has 2 atom stereocenters. The van der Waals surface area contributed by atoms with Crippen molar-refractivity contribution in [2.24, 2.45) is 11.8 Å². The molecule has 0 heterocycles. The second kappa shape index (κ2) is 16.7. The van der Waals surface area contributed by atoms with Crippen LogP contribution in [0.4, 0.5) is 0 Å². The zero-order valence-corrected chi connectivity index (χ0v) is 19.5. The molecule has 0 aliphatic heterocycles. The van der Waals surface area contributed by atoms with Gasteiger partial charge >= 0.3 is 0 Å². The van der Waals surface area contributed by atoms with E-state index in [2.05, 4.69) is 10.6 Å². The lowest BCUT2D eigenvalue weighted by molar-refractivity contribution is -0.132. The molecule has 0 aliphatic carbocycles. The molecule has 0 aliphatic rings. The molecule has 0 saturated carbocycles. The largest absolute Gasteiger partial charge is 0.378 e. The molecule has 0 spiro atoms. The Hall–Kier alpha value is -1.06. The fourth-order valence-electron chi connectivity index (χ4n) is 3.05. The molecular weight excluding hydrogens is 374 g/mol. The van der Waals surface area contributed by atoms with E-state index < -0.39 is 6.04 Å². The summed E-state index contributed by atoms with van der Waals surface area (Å²) in [5, 5.41) is 5.93. The predicted octanol–water partition coefficient (Wildman–Crippen LogP) is 0.942. The Morgan fingerprint density at radius 2 is 1.38 bits per heavy atom. The number of nitrogens with one attached hydrogen (secondary N) is 2. The average molecular weight is 418 g/mol. The van der Waals surface area contributed by atoms with E-state index in [1.54, 1.807) is 0 Å². The van der Waals surface area contributed by atoms with Gasteiger partial charge in [0.1, 0.15) is 0 Å². The summed E-state index contributed by atoms with van der Waals surface area (Å²) in [4.78, 5) is 26.5. The van der Waals surface area contributed by atoms with Gasteiger partial charge < -0.3 is 24.8 Å². The van der Waals surface area contributed by atoms with Crippen molar-refractivity contribution in [3.05, 3.63) is 0 Å². The minimum absolute atomic E-state index is 0.0192. The molecule has 0 fully saturated rings. The van der Waals surface area contributed by atoms with Gasteiger partial charge in [0.2, 0.25) is 5.91 Å². The summed E-state index contributed by atoms with van der Waals surface area (Å²) in [5.74, 6) is 0.0462. The highest BCUT2D eigenvalue weighted by atomic mass is 16.5. The molecule has 0 rings (SSSR count). The summed E-state index contributed by atoms with van der Waals surface area (Å²) < 4.78 is 16.4. The van der Waals surface area contributed by atoms with Crippen LogP contribution in [0.1, 0.15) is 34.6 Å². The third kappa shape index (κ3) is 13.0. The van der Waals surface area contributed by atoms with Crippen LogP contribution >= 0.6 is 0 Å². The van der Waals surface area contributed by atoms with Gasteiger partial charge in [-0.05, 0) is 32.9 Å². The molecule has 0 saturated heterocycles. The van der Waals surface area contributed by atoms with E-state index in [1.165, 1.54) is 6.92 Å². The number of ether oxygens (including phenoxy) is 3. The normalized spacial score (nSPS) is 13.9. The van der Waals surface area contributed by atoms with Crippen molar-refractivity contribution in [2.45, 2.75) is 46.7 Å². The van der Waals surface area contributed by atoms with Gasteiger partial charge in [0.15, 0.2) is 5.78 Å². The topological polar surface area (TPSA) is 89.1 Å². The van der Waals surface area contributed by atoms with Crippen molar-refractivity contribution < 1.29 is 23.8 Å². The number of carbonyl (C=O) groups excluding carboxylic acids is 2. The summed E-state index contributed by atoms with van der Waals surface area (Å²) in [6.07, 6.45) is 0. The van der Waals surface area contributed by atoms with E-state index in [0.29, 0.717) is 46.2 Å². The average Bonchev–Trinajstić information content (AvgIpc) is 2.63. The summed E-state index contributed by atoms with van der Waals surface area (Å²) >= 11 is 0. The number of likely N-dealkylation sites (N-methyl/N-ethyl adjacent to an activating group) is 2. The summed E-state index contributed by atoms with van der Waals surface area (Å²) in [6.45, 7) is 14.2. The van der Waals surface area contributed by atoms with Gasteiger partial charge in [0, 0.05) is 13.1 Å². The van der Waals surface area contributed by atoms with Crippen molar-refractivity contribution >= 4 is 11.7 Å². The lowest BCUT2D eigenvalue weighted by Crippen LogP contribution is -2.54. The lowest BCUT2D eigenvalue weighted by Gasteiger charge is -2.32. The molecule has 29 heavy (non-hydrogen) atoms. The molecule has 0 bridgehead atoms. The molecule has 0 aromatic carbocycles. The van der Waals surface area contributed by atoms with E-state index in [4.69, 9.17) is 14.2 Å². The number of rotatable bonds is 18. The highest BCUT2D eigenvalue weighted by Gasteiger charge is 2.30. The highest BCUT2D eigenvalue weighted by molar-refractivity contribution is 5.89. The molecule has 8 nitrogen and oxygen atoms in total. The van der Waals surface area contributed by atoms with Crippen LogP contribution in [-0.4, -0.2) is 95.5 Å². The van der Waals surface area contributed by atoms with E-state index >= 15 is 0 Å². The fraction of sp³-hybridized carbons (Fsp3) is 0.905. The van der Waals surface area contributed by atoms with Crippen LogP contribution in [0.25, 0.3) is 0 Å². The summed E-state index contributed by atoms with van der Waals surface area (Å²) in [7, 11) is 3.80. The molecule has 1 amide bonds. The fourth-order valence-corrected chi connectivity index (χ4v) is 3.05. The first-order valence-electron chi connectivity index (χ1n) is 10.6. The number of nitrogens with zero attached hydrogens (tertiary/aromatic N) is 1. The summed E-state index contributed by atoms with van der Waals surface area (Å²) in [6, 6.07) is -0.766. The Morgan fingerprint density at radius 1 is 0.862 bits per heavy atom. The maximum atomic E-state index is 12.8. The quantitative estimate of drug-likeness (QED) is 0.321. The van der Waals surface area contributed by atoms with E-state index in [9.17, 15) is 9.59 Å². The number of ketones is 1. The number of carbonyl (C=O) groups is 2. The van der Waals surface area contributed by atoms with Crippen molar-refractivity contribution in [3.8, 4) is 0 Å². The molecule has 0 aromatic rings. The van der Waals surface area contributed by atoms with Crippen LogP contribution in [0.3, 0.4) is 0 Å². The number of Topliss-reactive ketones (excluding diaryl/α,β-unsaturated/α-hetero) is 1. The van der Waals surface area contributed by atoms with Crippen molar-refractivity contribution in [2.75, 3.05) is 66.8 Å². The van der Waals surface area contributed by atoms with Crippen LogP contribution in [0.2, 0.25) is 0 Å². The van der Waals surface area contributed by atoms with Gasteiger partial charge in [-0.2, -0.15) is 0 Å². The van der Waals surface area contributed by atoms with Crippen LogP contribution in [0, 0.1) is 11.8 Å². The molecule has 0 aromatic heterocycles. The zero-order valence-electron chi connectivity index (χ0n) is 19.5. The first-order valence-corrected chi connectivity index (χ1v) is 10.6. The SMILES string of the molecule is CNCCOCCOCCOCCN(C)[C@H](C(=O)N[C@H](C(C)=O)C(C)C)C(C)C. The number of hydrogen-bond acceptors (Lipinski definition) is 7. The van der Waals surface area contributed by atoms with Crippen molar-refractivity contribution in [1.29, 1.82) is 0 Å². The van der Waals surface area contributed by atoms with Crippen molar-refractivity contribution in [3.63, 3.8) is 0 Å². The Morgan fingerprint density at radius 3 is 1.83 bits per heavy atom. The predicted molar refractivity (Wildman–Crippen MR) is 115 cm³/mol. The molecule has 0 unspecified atom stereocenters. The minimum atomic E-state index is -0.451. The number of hydrogen-bond donors (Lipinski definition) is 2. The Balaban J connectivity index is 4.15. The smallest absolute Gasteiger partial charge is 0.238 e. The highest BCUT2D eigenvalue weighted by Crippen LogP contribution is 2.11. The van der Waals surface area contributed by atoms with Crippen LogP contribution in [-0.2, 0) is 23.8 Å². The standard InChI is InChI=1S/C21H43N3O5/c1-16(2)19(18(5)25)23-21(26)20(17(3)4)24(7)9-11-28-13-15-29-14-12-27-10-8-22-6/h16-17,19-20,22H,8-15H2,1-7H3,(H,23,26)/t19-,20-/m0/s1. The number of amides is 1. The van der Waals surface area contributed by atoms with Gasteiger partial charge in [0.25, 0.3) is 0 Å². The second-order valence-electron chi connectivity index (χ2n) is 7.95. The maximum absolute atomic E-state index is 12.8. The molecule has 2 N–H and O–H groups in total.